The van der Waals surface area contributed by atoms with E-state index in [1.807, 2.05) is 13.8 Å². The van der Waals surface area contributed by atoms with Crippen molar-refractivity contribution < 1.29 is 32.3 Å². The van der Waals surface area contributed by atoms with Crippen molar-refractivity contribution in [1.82, 2.24) is 10.2 Å². The molecule has 1 aromatic rings. The van der Waals surface area contributed by atoms with Gasteiger partial charge < -0.3 is 21.3 Å². The van der Waals surface area contributed by atoms with Gasteiger partial charge in [0.25, 0.3) is 5.91 Å². The Labute approximate surface area is 233 Å². The summed E-state index contributed by atoms with van der Waals surface area (Å²) in [5, 5.41) is 5.70. The third kappa shape index (κ3) is 7.54. The van der Waals surface area contributed by atoms with Crippen molar-refractivity contribution in [1.29, 1.82) is 0 Å². The van der Waals surface area contributed by atoms with Gasteiger partial charge in [-0.25, -0.2) is 0 Å². The number of rotatable bonds is 10. The van der Waals surface area contributed by atoms with Gasteiger partial charge in [0.1, 0.15) is 12.1 Å². The van der Waals surface area contributed by atoms with Gasteiger partial charge in [0.15, 0.2) is 0 Å². The Hall–Kier alpha value is -3.11. The quantitative estimate of drug-likeness (QED) is 0.368. The van der Waals surface area contributed by atoms with Crippen LogP contribution in [0.5, 0.6) is 0 Å². The van der Waals surface area contributed by atoms with Crippen LogP contribution in [0.1, 0.15) is 72.3 Å². The Morgan fingerprint density at radius 3 is 2.25 bits per heavy atom. The lowest BCUT2D eigenvalue weighted by Gasteiger charge is -2.36. The van der Waals surface area contributed by atoms with Gasteiger partial charge in [-0.2, -0.15) is 13.2 Å². The largest absolute Gasteiger partial charge is 0.416 e. The minimum absolute atomic E-state index is 0.00852. The number of carbonyl (C=O) groups is 4. The number of amides is 3. The first-order chi connectivity index (χ1) is 18.5. The van der Waals surface area contributed by atoms with Crippen LogP contribution in [0.15, 0.2) is 24.3 Å². The molecule has 1 aromatic carbocycles. The van der Waals surface area contributed by atoms with E-state index >= 15 is 0 Å². The maximum Gasteiger partial charge on any atom is 0.416 e. The predicted octanol–water partition coefficient (Wildman–Crippen LogP) is 4.13. The molecule has 2 aliphatic rings. The number of benzene rings is 1. The summed E-state index contributed by atoms with van der Waals surface area (Å²) >= 11 is 0. The first kappa shape index (κ1) is 31.4. The van der Waals surface area contributed by atoms with Crippen molar-refractivity contribution in [2.75, 3.05) is 11.9 Å². The minimum atomic E-state index is -4.54. The zero-order valence-corrected chi connectivity index (χ0v) is 23.8. The average Bonchev–Trinajstić information content (AvgIpc) is 3.28. The van der Waals surface area contributed by atoms with E-state index in [9.17, 15) is 32.3 Å². The predicted molar refractivity (Wildman–Crippen MR) is 145 cm³/mol. The molecule has 1 saturated carbocycles. The Morgan fingerprint density at radius 1 is 1.10 bits per heavy atom. The summed E-state index contributed by atoms with van der Waals surface area (Å²) in [5.74, 6) is -2.61. The second-order valence-electron chi connectivity index (χ2n) is 12.6. The number of hydrogen-bond donors (Lipinski definition) is 3. The highest BCUT2D eigenvalue weighted by Gasteiger charge is 2.46. The highest BCUT2D eigenvalue weighted by molar-refractivity contribution is 6.37. The highest BCUT2D eigenvalue weighted by atomic mass is 19.4. The van der Waals surface area contributed by atoms with Crippen LogP contribution in [-0.4, -0.2) is 53.1 Å². The topological polar surface area (TPSA) is 122 Å². The molecule has 1 unspecified atom stereocenters. The van der Waals surface area contributed by atoms with E-state index in [1.165, 1.54) is 17.0 Å². The lowest BCUT2D eigenvalue weighted by atomic mass is 9.80. The number of likely N-dealkylation sites (tertiary alicyclic amines) is 1. The van der Waals surface area contributed by atoms with Gasteiger partial charge in [-0.1, -0.05) is 59.9 Å². The molecule has 1 aliphatic carbocycles. The maximum absolute atomic E-state index is 14.0. The van der Waals surface area contributed by atoms with E-state index in [-0.39, 0.29) is 30.0 Å². The second kappa shape index (κ2) is 12.2. The standard InChI is InChI=1S/C29H41F3N4O4/c1-16(2)18-13-22(26(39)35-21(23(37)25(33)38)12-17-8-6-9-17)36(15-18)27(40)24(28(3,4)5)34-20-11-7-10-19(14-20)29(30,31)32/h7,10-11,14,16-18,21-22,24,34H,6,8-9,12-13,15H2,1-5H3,(H2,33,38)(H,35,39)/t18-,21?,22+,24-/m1/s1. The molecule has 0 bridgehead atoms. The third-order valence-corrected chi connectivity index (χ3v) is 8.15. The summed E-state index contributed by atoms with van der Waals surface area (Å²) in [5.41, 5.74) is 3.82. The number of halogens is 3. The Morgan fingerprint density at radius 2 is 1.75 bits per heavy atom. The van der Waals surface area contributed by atoms with Crippen molar-refractivity contribution in [3.8, 4) is 0 Å². The van der Waals surface area contributed by atoms with Gasteiger partial charge in [0, 0.05) is 12.2 Å². The molecule has 1 aliphatic heterocycles. The Bertz CT molecular complexity index is 1110. The van der Waals surface area contributed by atoms with E-state index in [2.05, 4.69) is 10.6 Å². The van der Waals surface area contributed by atoms with Gasteiger partial charge in [-0.05, 0) is 54.2 Å². The molecular weight excluding hydrogens is 525 g/mol. The molecule has 2 fully saturated rings. The number of anilines is 1. The fourth-order valence-electron chi connectivity index (χ4n) is 5.34. The summed E-state index contributed by atoms with van der Waals surface area (Å²) < 4.78 is 40.0. The molecule has 3 rings (SSSR count). The molecular formula is C29H41F3N4O4. The number of Topliss-reactive ketones (excluding diaryl/α,β-unsaturated/α-hetero) is 1. The van der Waals surface area contributed by atoms with Crippen LogP contribution >= 0.6 is 0 Å². The summed E-state index contributed by atoms with van der Waals surface area (Å²) in [6.45, 7) is 9.64. The van der Waals surface area contributed by atoms with E-state index in [1.54, 1.807) is 20.8 Å². The minimum Gasteiger partial charge on any atom is -0.373 e. The summed E-state index contributed by atoms with van der Waals surface area (Å²) in [4.78, 5) is 53.3. The van der Waals surface area contributed by atoms with Gasteiger partial charge >= 0.3 is 6.18 Å². The molecule has 1 saturated heterocycles. The van der Waals surface area contributed by atoms with Gasteiger partial charge in [0.05, 0.1) is 11.6 Å². The van der Waals surface area contributed by atoms with E-state index in [4.69, 9.17) is 5.73 Å². The molecule has 4 atom stereocenters. The number of nitrogens with two attached hydrogens (primary N) is 1. The van der Waals surface area contributed by atoms with E-state index < -0.39 is 58.8 Å². The first-order valence-corrected chi connectivity index (χ1v) is 13.9. The molecule has 4 N–H and O–H groups in total. The van der Waals surface area contributed by atoms with Gasteiger partial charge in [0.2, 0.25) is 17.6 Å². The van der Waals surface area contributed by atoms with E-state index in [0.29, 0.717) is 12.8 Å². The summed E-state index contributed by atoms with van der Waals surface area (Å²) in [7, 11) is 0. The molecule has 0 spiro atoms. The van der Waals surface area contributed by atoms with Crippen LogP contribution in [-0.2, 0) is 25.4 Å². The SMILES string of the molecule is CC(C)[C@@H]1C[C@@H](C(=O)NC(CC2CCC2)C(=O)C(N)=O)N(C(=O)[C@@H](Nc2cccc(C(F)(F)F)c2)C(C)(C)C)C1. The van der Waals surface area contributed by atoms with Crippen molar-refractivity contribution in [2.45, 2.75) is 91.0 Å². The smallest absolute Gasteiger partial charge is 0.373 e. The number of nitrogens with one attached hydrogen (secondary N) is 2. The Balaban J connectivity index is 1.88. The third-order valence-electron chi connectivity index (χ3n) is 8.15. The molecule has 222 valence electrons. The van der Waals surface area contributed by atoms with Crippen LogP contribution in [0, 0.1) is 23.2 Å². The van der Waals surface area contributed by atoms with E-state index in [0.717, 1.165) is 31.4 Å². The highest BCUT2D eigenvalue weighted by Crippen LogP contribution is 2.35. The summed E-state index contributed by atoms with van der Waals surface area (Å²) in [6, 6.07) is 1.74. The molecule has 3 amide bonds. The number of primary amides is 1. The van der Waals surface area contributed by atoms with Crippen LogP contribution < -0.4 is 16.4 Å². The number of ketones is 1. The fourth-order valence-corrected chi connectivity index (χ4v) is 5.34. The lowest BCUT2D eigenvalue weighted by Crippen LogP contribution is -2.56. The number of alkyl halides is 3. The fraction of sp³-hybridized carbons (Fsp3) is 0.655. The molecule has 0 radical (unpaired) electrons. The first-order valence-electron chi connectivity index (χ1n) is 13.9. The zero-order valence-electron chi connectivity index (χ0n) is 23.8. The monoisotopic (exact) mass is 566 g/mol. The number of hydrogen-bond acceptors (Lipinski definition) is 5. The lowest BCUT2D eigenvalue weighted by molar-refractivity contribution is -0.142. The number of carbonyl (C=O) groups excluding carboxylic acids is 4. The molecule has 1 heterocycles. The molecule has 11 heteroatoms. The zero-order chi connectivity index (χ0) is 30.0. The van der Waals surface area contributed by atoms with Crippen molar-refractivity contribution in [2.24, 2.45) is 28.9 Å². The maximum atomic E-state index is 14.0. The van der Waals surface area contributed by atoms with Crippen LogP contribution in [0.3, 0.4) is 0 Å². The van der Waals surface area contributed by atoms with Crippen LogP contribution in [0.4, 0.5) is 18.9 Å². The van der Waals surface area contributed by atoms with Crippen molar-refractivity contribution in [3.05, 3.63) is 29.8 Å². The van der Waals surface area contributed by atoms with Crippen molar-refractivity contribution in [3.63, 3.8) is 0 Å². The van der Waals surface area contributed by atoms with Gasteiger partial charge in [-0.3, -0.25) is 19.2 Å². The summed E-state index contributed by atoms with van der Waals surface area (Å²) in [6.07, 6.45) is -1.06. The molecule has 40 heavy (non-hydrogen) atoms. The van der Waals surface area contributed by atoms with Crippen LogP contribution in [0.2, 0.25) is 0 Å². The van der Waals surface area contributed by atoms with Crippen LogP contribution in [0.25, 0.3) is 0 Å². The second-order valence-corrected chi connectivity index (χ2v) is 12.6. The Kier molecular flexibility index (Phi) is 9.57. The number of nitrogens with zero attached hydrogens (tertiary/aromatic N) is 1. The molecule has 8 nitrogen and oxygen atoms in total. The normalized spacial score (nSPS) is 21.5. The van der Waals surface area contributed by atoms with Crippen molar-refractivity contribution >= 4 is 29.2 Å². The van der Waals surface area contributed by atoms with Gasteiger partial charge in [-0.15, -0.1) is 0 Å². The molecule has 0 aromatic heterocycles. The average molecular weight is 567 g/mol.